The highest BCUT2D eigenvalue weighted by Gasteiger charge is 2.28. The summed E-state index contributed by atoms with van der Waals surface area (Å²) in [6.07, 6.45) is 2.62. The maximum atomic E-state index is 13.8. The van der Waals surface area contributed by atoms with Gasteiger partial charge in [-0.25, -0.2) is 12.8 Å². The van der Waals surface area contributed by atoms with E-state index < -0.39 is 10.0 Å². The summed E-state index contributed by atoms with van der Waals surface area (Å²) in [6.45, 7) is 3.35. The van der Waals surface area contributed by atoms with E-state index in [1.165, 1.54) is 10.4 Å². The normalized spacial score (nSPS) is 15.0. The highest BCUT2D eigenvalue weighted by atomic mass is 35.5. The lowest BCUT2D eigenvalue weighted by atomic mass is 9.97. The van der Waals surface area contributed by atoms with E-state index in [0.29, 0.717) is 31.1 Å². The van der Waals surface area contributed by atoms with Crippen LogP contribution in [0.5, 0.6) is 0 Å². The van der Waals surface area contributed by atoms with Gasteiger partial charge in [0, 0.05) is 46.8 Å². The fourth-order valence-electron chi connectivity index (χ4n) is 4.71. The molecule has 0 saturated carbocycles. The van der Waals surface area contributed by atoms with Crippen molar-refractivity contribution in [3.8, 4) is 0 Å². The molecule has 7 heteroatoms. The molecule has 0 unspecified atom stereocenters. The van der Waals surface area contributed by atoms with Crippen LogP contribution in [-0.4, -0.2) is 30.4 Å². The lowest BCUT2D eigenvalue weighted by Gasteiger charge is -2.26. The third-order valence-corrected chi connectivity index (χ3v) is 8.54. The van der Waals surface area contributed by atoms with Gasteiger partial charge >= 0.3 is 0 Å². The van der Waals surface area contributed by atoms with E-state index in [1.54, 1.807) is 36.4 Å². The molecule has 0 radical (unpaired) electrons. The number of benzene rings is 3. The van der Waals surface area contributed by atoms with Crippen LogP contribution >= 0.6 is 11.6 Å². The van der Waals surface area contributed by atoms with Crippen LogP contribution in [0.25, 0.3) is 16.5 Å². The van der Waals surface area contributed by atoms with Crippen molar-refractivity contribution in [1.29, 1.82) is 0 Å². The first-order chi connectivity index (χ1) is 16.3. The Morgan fingerprint density at radius 1 is 1.00 bits per heavy atom. The molecule has 4 aromatic rings. The molecular weight excluding hydrogens is 471 g/mol. The summed E-state index contributed by atoms with van der Waals surface area (Å²) in [7, 11) is -3.59. The first-order valence-electron chi connectivity index (χ1n) is 11.1. The Kier molecular flexibility index (Phi) is 6.06. The van der Waals surface area contributed by atoms with Gasteiger partial charge in [0.25, 0.3) is 0 Å². The summed E-state index contributed by atoms with van der Waals surface area (Å²) in [6, 6.07) is 21.1. The molecule has 0 atom stereocenters. The number of sulfonamides is 1. The molecule has 1 aliphatic heterocycles. The zero-order chi connectivity index (χ0) is 23.9. The van der Waals surface area contributed by atoms with Gasteiger partial charge < -0.3 is 4.57 Å². The second kappa shape index (κ2) is 9.02. The maximum Gasteiger partial charge on any atom is 0.243 e. The molecule has 1 aliphatic rings. The molecular formula is C27H24ClFN2O2S. The molecule has 0 N–H and O–H groups in total. The number of hydrogen-bond acceptors (Lipinski definition) is 2. The maximum absolute atomic E-state index is 13.8. The Morgan fingerprint density at radius 2 is 1.76 bits per heavy atom. The topological polar surface area (TPSA) is 42.3 Å². The van der Waals surface area contributed by atoms with Crippen LogP contribution in [0.15, 0.2) is 83.8 Å². The first kappa shape index (κ1) is 22.8. The highest BCUT2D eigenvalue weighted by molar-refractivity contribution is 7.89. The number of para-hydroxylation sites is 1. The molecule has 174 valence electrons. The average Bonchev–Trinajstić information content (AvgIpc) is 3.11. The molecule has 4 nitrogen and oxygen atoms in total. The third-order valence-electron chi connectivity index (χ3n) is 6.40. The first-order valence-corrected chi connectivity index (χ1v) is 12.9. The van der Waals surface area contributed by atoms with E-state index >= 15 is 0 Å². The fourth-order valence-corrected chi connectivity index (χ4v) is 6.22. The number of aromatic nitrogens is 1. The minimum atomic E-state index is -3.59. The second-order valence-electron chi connectivity index (χ2n) is 8.49. The fraction of sp³-hybridized carbons (Fsp3) is 0.185. The summed E-state index contributed by atoms with van der Waals surface area (Å²) in [4.78, 5) is 0.247. The predicted octanol–water partition coefficient (Wildman–Crippen LogP) is 6.27. The Labute approximate surface area is 203 Å². The molecule has 34 heavy (non-hydrogen) atoms. The van der Waals surface area contributed by atoms with E-state index in [-0.39, 0.29) is 10.7 Å². The summed E-state index contributed by atoms with van der Waals surface area (Å²) in [5.74, 6) is -0.246. The molecule has 2 heterocycles. The van der Waals surface area contributed by atoms with Crippen molar-refractivity contribution >= 4 is 38.1 Å². The van der Waals surface area contributed by atoms with Gasteiger partial charge in [-0.3, -0.25) is 0 Å². The highest BCUT2D eigenvalue weighted by Crippen LogP contribution is 2.35. The summed E-state index contributed by atoms with van der Waals surface area (Å²) >= 11 is 5.92. The van der Waals surface area contributed by atoms with Crippen LogP contribution < -0.4 is 0 Å². The van der Waals surface area contributed by atoms with Gasteiger partial charge in [-0.1, -0.05) is 48.0 Å². The van der Waals surface area contributed by atoms with Crippen LogP contribution in [0, 0.1) is 12.7 Å². The number of fused-ring (bicyclic) bond motifs is 1. The zero-order valence-electron chi connectivity index (χ0n) is 18.7. The van der Waals surface area contributed by atoms with Gasteiger partial charge in [-0.2, -0.15) is 4.31 Å². The average molecular weight is 495 g/mol. The minimum Gasteiger partial charge on any atom is -0.340 e. The SMILES string of the molecule is Cc1c(C2=CCN(S(=O)(=O)c3ccc(Cl)cc3)CC2)c2ccccc2n1Cc1cccc(F)c1. The van der Waals surface area contributed by atoms with E-state index in [1.807, 2.05) is 24.3 Å². The summed E-state index contributed by atoms with van der Waals surface area (Å²) in [5.41, 5.74) is 5.33. The number of hydrogen-bond donors (Lipinski definition) is 0. The number of halogens is 2. The van der Waals surface area contributed by atoms with Gasteiger partial charge in [-0.15, -0.1) is 0 Å². The zero-order valence-corrected chi connectivity index (χ0v) is 20.3. The molecule has 3 aromatic carbocycles. The van der Waals surface area contributed by atoms with Crippen LogP contribution in [0.1, 0.15) is 23.2 Å². The van der Waals surface area contributed by atoms with Crippen molar-refractivity contribution in [3.63, 3.8) is 0 Å². The van der Waals surface area contributed by atoms with Crippen LogP contribution in [0.3, 0.4) is 0 Å². The van der Waals surface area contributed by atoms with Crippen molar-refractivity contribution in [2.75, 3.05) is 13.1 Å². The van der Waals surface area contributed by atoms with Crippen molar-refractivity contribution in [3.05, 3.63) is 107 Å². The van der Waals surface area contributed by atoms with Crippen molar-refractivity contribution < 1.29 is 12.8 Å². The second-order valence-corrected chi connectivity index (χ2v) is 10.9. The van der Waals surface area contributed by atoms with E-state index in [0.717, 1.165) is 33.3 Å². The molecule has 0 saturated heterocycles. The quantitative estimate of drug-likeness (QED) is 0.328. The van der Waals surface area contributed by atoms with Gasteiger partial charge in [-0.05, 0) is 66.9 Å². The summed E-state index contributed by atoms with van der Waals surface area (Å²) in [5, 5.41) is 1.63. The lowest BCUT2D eigenvalue weighted by molar-refractivity contribution is 0.441. The summed E-state index contributed by atoms with van der Waals surface area (Å²) < 4.78 is 43.6. The molecule has 0 spiro atoms. The Hall–Kier alpha value is -2.93. The lowest BCUT2D eigenvalue weighted by Crippen LogP contribution is -2.34. The van der Waals surface area contributed by atoms with E-state index in [9.17, 15) is 12.8 Å². The molecule has 0 amide bonds. The van der Waals surface area contributed by atoms with Gasteiger partial charge in [0.15, 0.2) is 0 Å². The standard InChI is InChI=1S/C27H24ClFN2O2S/c1-19-27(21-13-15-30(16-14-21)34(32,33)24-11-9-22(28)10-12-24)25-7-2-3-8-26(25)31(19)18-20-5-4-6-23(29)17-20/h2-13,17H,14-16,18H2,1H3. The smallest absolute Gasteiger partial charge is 0.243 e. The Balaban J connectivity index is 1.49. The van der Waals surface area contributed by atoms with E-state index in [2.05, 4.69) is 23.6 Å². The van der Waals surface area contributed by atoms with Crippen molar-refractivity contribution in [2.45, 2.75) is 24.8 Å². The van der Waals surface area contributed by atoms with Crippen molar-refractivity contribution in [1.82, 2.24) is 8.87 Å². The number of rotatable bonds is 5. The number of nitrogens with zero attached hydrogens (tertiary/aromatic N) is 2. The third kappa shape index (κ3) is 4.17. The largest absolute Gasteiger partial charge is 0.340 e. The van der Waals surface area contributed by atoms with Crippen LogP contribution in [-0.2, 0) is 16.6 Å². The predicted molar refractivity (Wildman–Crippen MR) is 135 cm³/mol. The molecule has 1 aromatic heterocycles. The Morgan fingerprint density at radius 3 is 2.47 bits per heavy atom. The minimum absolute atomic E-state index is 0.246. The van der Waals surface area contributed by atoms with Crippen molar-refractivity contribution in [2.24, 2.45) is 0 Å². The van der Waals surface area contributed by atoms with Crippen LogP contribution in [0.4, 0.5) is 4.39 Å². The molecule has 0 bridgehead atoms. The Bertz CT molecular complexity index is 1510. The molecule has 5 rings (SSSR count). The van der Waals surface area contributed by atoms with Gasteiger partial charge in [0.2, 0.25) is 10.0 Å². The monoisotopic (exact) mass is 494 g/mol. The van der Waals surface area contributed by atoms with Gasteiger partial charge in [0.05, 0.1) is 4.90 Å². The van der Waals surface area contributed by atoms with Gasteiger partial charge in [0.1, 0.15) is 5.82 Å². The van der Waals surface area contributed by atoms with Crippen LogP contribution in [0.2, 0.25) is 5.02 Å². The molecule has 0 aliphatic carbocycles. The molecule has 0 fully saturated rings. The van der Waals surface area contributed by atoms with E-state index in [4.69, 9.17) is 11.6 Å².